The van der Waals surface area contributed by atoms with Crippen LogP contribution in [0.1, 0.15) is 53.9 Å². The van der Waals surface area contributed by atoms with Crippen LogP contribution in [0.15, 0.2) is 42.5 Å². The molecule has 6 rings (SSSR count). The van der Waals surface area contributed by atoms with Gasteiger partial charge < -0.3 is 24.2 Å². The van der Waals surface area contributed by atoms with E-state index in [2.05, 4.69) is 44.7 Å². The molecule has 1 aliphatic carbocycles. The molecule has 206 valence electrons. The van der Waals surface area contributed by atoms with Crippen molar-refractivity contribution < 1.29 is 19.4 Å². The highest BCUT2D eigenvalue weighted by atomic mass is 16.5. The molecule has 2 aliphatic heterocycles. The molecule has 1 saturated heterocycles. The van der Waals surface area contributed by atoms with E-state index < -0.39 is 5.97 Å². The van der Waals surface area contributed by atoms with Crippen LogP contribution in [0.5, 0.6) is 0 Å². The summed E-state index contributed by atoms with van der Waals surface area (Å²) in [5, 5.41) is 11.0. The number of ether oxygens (including phenoxy) is 1. The average Bonchev–Trinajstić information content (AvgIpc) is 3.21. The summed E-state index contributed by atoms with van der Waals surface area (Å²) in [4.78, 5) is 30.5. The van der Waals surface area contributed by atoms with E-state index in [4.69, 9.17) is 4.74 Å². The highest BCUT2D eigenvalue weighted by Crippen LogP contribution is 2.47. The minimum Gasteiger partial charge on any atom is -0.478 e. The van der Waals surface area contributed by atoms with Crippen molar-refractivity contribution in [3.05, 3.63) is 53.6 Å². The van der Waals surface area contributed by atoms with Crippen molar-refractivity contribution in [2.75, 3.05) is 57.8 Å². The van der Waals surface area contributed by atoms with Gasteiger partial charge in [-0.05, 0) is 42.5 Å². The summed E-state index contributed by atoms with van der Waals surface area (Å²) in [5.74, 6) is -0.381. The molecule has 8 heteroatoms. The highest BCUT2D eigenvalue weighted by Gasteiger charge is 2.31. The van der Waals surface area contributed by atoms with E-state index in [0.29, 0.717) is 24.6 Å². The van der Waals surface area contributed by atoms with E-state index in [0.717, 1.165) is 44.8 Å². The second kappa shape index (κ2) is 10.9. The molecule has 0 radical (unpaired) electrons. The van der Waals surface area contributed by atoms with Crippen molar-refractivity contribution in [2.24, 2.45) is 0 Å². The zero-order valence-corrected chi connectivity index (χ0v) is 22.8. The van der Waals surface area contributed by atoms with Crippen LogP contribution in [0.3, 0.4) is 0 Å². The minimum atomic E-state index is -0.880. The summed E-state index contributed by atoms with van der Waals surface area (Å²) in [6.45, 7) is 6.57. The molecule has 1 saturated carbocycles. The summed E-state index contributed by atoms with van der Waals surface area (Å²) in [6.07, 6.45) is 5.94. The molecule has 0 spiro atoms. The smallest absolute Gasteiger partial charge is 0.409 e. The van der Waals surface area contributed by atoms with Gasteiger partial charge in [0.25, 0.3) is 0 Å². The topological polar surface area (TPSA) is 78.2 Å². The average molecular weight is 531 g/mol. The van der Waals surface area contributed by atoms with Gasteiger partial charge in [0, 0.05) is 74.5 Å². The number of piperazine rings is 1. The summed E-state index contributed by atoms with van der Waals surface area (Å²) in [5.41, 5.74) is 6.58. The maximum atomic E-state index is 11.9. The van der Waals surface area contributed by atoms with Gasteiger partial charge in [0.1, 0.15) is 0 Å². The molecule has 2 aromatic carbocycles. The lowest BCUT2D eigenvalue weighted by Gasteiger charge is -2.35. The number of carbonyl (C=O) groups excluding carboxylic acids is 1. The summed E-state index contributed by atoms with van der Waals surface area (Å²) < 4.78 is 7.29. The number of anilines is 1. The largest absolute Gasteiger partial charge is 0.478 e. The quantitative estimate of drug-likeness (QED) is 0.485. The fourth-order valence-corrected chi connectivity index (χ4v) is 6.90. The van der Waals surface area contributed by atoms with Crippen molar-refractivity contribution in [3.8, 4) is 11.3 Å². The molecular formula is C31H38N4O4. The zero-order chi connectivity index (χ0) is 26.9. The number of rotatable bonds is 5. The number of carboxylic acids is 1. The van der Waals surface area contributed by atoms with Gasteiger partial charge in [-0.1, -0.05) is 43.5 Å². The summed E-state index contributed by atoms with van der Waals surface area (Å²) >= 11 is 0. The lowest BCUT2D eigenvalue weighted by Crippen LogP contribution is -2.50. The Balaban J connectivity index is 1.34. The molecule has 1 N–H and O–H groups in total. The molecule has 39 heavy (non-hydrogen) atoms. The Bertz CT molecular complexity index is 1370. The molecule has 8 nitrogen and oxygen atoms in total. The molecule has 0 bridgehead atoms. The second-order valence-corrected chi connectivity index (χ2v) is 11.1. The van der Waals surface area contributed by atoms with E-state index in [1.165, 1.54) is 67.1 Å². The molecule has 1 amide bonds. The number of nitrogens with zero attached hydrogens (tertiary/aromatic N) is 4. The molecule has 3 aromatic rings. The van der Waals surface area contributed by atoms with Crippen LogP contribution in [0.2, 0.25) is 0 Å². The zero-order valence-electron chi connectivity index (χ0n) is 22.8. The van der Waals surface area contributed by atoms with Crippen LogP contribution in [0.25, 0.3) is 22.2 Å². The van der Waals surface area contributed by atoms with Crippen molar-refractivity contribution >= 4 is 28.7 Å². The minimum absolute atomic E-state index is 0.245. The maximum Gasteiger partial charge on any atom is 0.409 e. The van der Waals surface area contributed by atoms with Gasteiger partial charge in [-0.25, -0.2) is 9.59 Å². The first-order chi connectivity index (χ1) is 19.0. The van der Waals surface area contributed by atoms with Gasteiger partial charge in [0.2, 0.25) is 0 Å². The number of amides is 1. The van der Waals surface area contributed by atoms with Gasteiger partial charge in [0.05, 0.1) is 18.4 Å². The van der Waals surface area contributed by atoms with Crippen LogP contribution >= 0.6 is 0 Å². The number of fused-ring (bicyclic) bond motifs is 5. The van der Waals surface area contributed by atoms with Gasteiger partial charge in [0.15, 0.2) is 0 Å². The lowest BCUT2D eigenvalue weighted by molar-refractivity contribution is 0.0696. The molecular weight excluding hydrogens is 492 g/mol. The Morgan fingerprint density at radius 2 is 1.69 bits per heavy atom. The highest BCUT2D eigenvalue weighted by molar-refractivity contribution is 5.99. The first kappa shape index (κ1) is 25.7. The molecule has 3 aliphatic rings. The second-order valence-electron chi connectivity index (χ2n) is 11.1. The van der Waals surface area contributed by atoms with Gasteiger partial charge in [-0.15, -0.1) is 0 Å². The number of carboxylic acid groups (broad SMARTS) is 1. The van der Waals surface area contributed by atoms with Gasteiger partial charge in [-0.2, -0.15) is 0 Å². The maximum absolute atomic E-state index is 11.9. The normalized spacial score (nSPS) is 18.5. The number of methoxy groups -OCH3 is 1. The Morgan fingerprint density at radius 1 is 0.923 bits per heavy atom. The number of carbonyl (C=O) groups is 2. The fourth-order valence-electron chi connectivity index (χ4n) is 6.90. The standard InChI is InChI=1S/C31H38N4O4/c1-39-31(38)34-17-14-32(15-18-34)13-16-33-19-20-35-27-21-23(30(36)37)11-12-24(27)28(22-7-3-2-4-8-22)29(35)25-9-5-6-10-26(25)33/h5-6,9-12,21-22H,2-4,7-8,13-20H2,1H3,(H,36,37). The van der Waals surface area contributed by atoms with Crippen LogP contribution < -0.4 is 4.90 Å². The number of aromatic nitrogens is 1. The fraction of sp³-hybridized carbons (Fsp3) is 0.484. The SMILES string of the molecule is COC(=O)N1CCN(CCN2CCn3c(c(C4CCCCC4)c4ccc(C(=O)O)cc43)-c3ccccc32)CC1. The number of benzene rings is 2. The predicted octanol–water partition coefficient (Wildman–Crippen LogP) is 5.26. The van der Waals surface area contributed by atoms with Crippen molar-refractivity contribution in [1.29, 1.82) is 0 Å². The van der Waals surface area contributed by atoms with E-state index in [-0.39, 0.29) is 6.09 Å². The van der Waals surface area contributed by atoms with Crippen molar-refractivity contribution in [3.63, 3.8) is 0 Å². The van der Waals surface area contributed by atoms with Crippen LogP contribution in [-0.2, 0) is 11.3 Å². The monoisotopic (exact) mass is 530 g/mol. The van der Waals surface area contributed by atoms with Gasteiger partial charge >= 0.3 is 12.1 Å². The Kier molecular flexibility index (Phi) is 7.21. The van der Waals surface area contributed by atoms with E-state index in [1.807, 2.05) is 6.07 Å². The molecule has 1 aromatic heterocycles. The third-order valence-corrected chi connectivity index (χ3v) is 8.95. The number of para-hydroxylation sites is 1. The number of aromatic carboxylic acids is 1. The van der Waals surface area contributed by atoms with Gasteiger partial charge in [-0.3, -0.25) is 4.90 Å². The number of hydrogen-bond acceptors (Lipinski definition) is 5. The number of hydrogen-bond donors (Lipinski definition) is 1. The van der Waals surface area contributed by atoms with Crippen LogP contribution in [0.4, 0.5) is 10.5 Å². The third-order valence-electron chi connectivity index (χ3n) is 8.95. The van der Waals surface area contributed by atoms with Crippen molar-refractivity contribution in [2.45, 2.75) is 44.6 Å². The third kappa shape index (κ3) is 4.86. The van der Waals surface area contributed by atoms with E-state index in [9.17, 15) is 14.7 Å². The van der Waals surface area contributed by atoms with Crippen LogP contribution in [-0.4, -0.2) is 84.5 Å². The molecule has 0 atom stereocenters. The summed E-state index contributed by atoms with van der Waals surface area (Å²) in [7, 11) is 1.44. The Hall–Kier alpha value is -3.52. The Morgan fingerprint density at radius 3 is 2.44 bits per heavy atom. The lowest BCUT2D eigenvalue weighted by atomic mass is 9.81. The summed E-state index contributed by atoms with van der Waals surface area (Å²) in [6, 6.07) is 14.5. The van der Waals surface area contributed by atoms with E-state index >= 15 is 0 Å². The van der Waals surface area contributed by atoms with Crippen LogP contribution in [0, 0.1) is 0 Å². The van der Waals surface area contributed by atoms with E-state index in [1.54, 1.807) is 11.0 Å². The molecule has 3 heterocycles. The predicted molar refractivity (Wildman–Crippen MR) is 153 cm³/mol. The molecule has 2 fully saturated rings. The first-order valence-corrected chi connectivity index (χ1v) is 14.3. The molecule has 0 unspecified atom stereocenters. The first-order valence-electron chi connectivity index (χ1n) is 14.3. The Labute approximate surface area is 229 Å². The van der Waals surface area contributed by atoms with Crippen molar-refractivity contribution in [1.82, 2.24) is 14.4 Å².